The van der Waals surface area contributed by atoms with Crippen LogP contribution in [0, 0.1) is 12.7 Å². The lowest BCUT2D eigenvalue weighted by atomic mass is 9.97. The summed E-state index contributed by atoms with van der Waals surface area (Å²) >= 11 is 1.62. The first-order valence-corrected chi connectivity index (χ1v) is 17.3. The van der Waals surface area contributed by atoms with E-state index >= 15 is 4.39 Å². The highest BCUT2D eigenvalue weighted by molar-refractivity contribution is 7.26. The molecule has 0 saturated heterocycles. The topological polar surface area (TPSA) is 30.7 Å². The predicted molar refractivity (Wildman–Crippen MR) is 208 cm³/mol. The van der Waals surface area contributed by atoms with Crippen molar-refractivity contribution in [2.24, 2.45) is 0 Å². The first-order chi connectivity index (χ1) is 25.8. The van der Waals surface area contributed by atoms with E-state index in [0.29, 0.717) is 10.9 Å². The van der Waals surface area contributed by atoms with Crippen molar-refractivity contribution in [1.82, 2.24) is 14.5 Å². The molecule has 0 bridgehead atoms. The van der Waals surface area contributed by atoms with E-state index in [1.807, 2.05) is 97.1 Å². The highest BCUT2D eigenvalue weighted by Gasteiger charge is 2.24. The van der Waals surface area contributed by atoms with Crippen LogP contribution in [0.25, 0.3) is 92.3 Å². The molecule has 0 aliphatic rings. The second-order valence-corrected chi connectivity index (χ2v) is 13.5. The minimum atomic E-state index is -2.18. The minimum absolute atomic E-state index is 0.275. The highest BCUT2D eigenvalue weighted by atomic mass is 32.1. The van der Waals surface area contributed by atoms with Crippen molar-refractivity contribution in [2.45, 2.75) is 6.85 Å². The molecule has 3 aromatic heterocycles. The number of halogens is 1. The van der Waals surface area contributed by atoms with Crippen LogP contribution < -0.4 is 0 Å². The molecule has 0 N–H and O–H groups in total. The van der Waals surface area contributed by atoms with Crippen molar-refractivity contribution in [3.8, 4) is 39.5 Å². The fourth-order valence-electron chi connectivity index (χ4n) is 7.37. The molecule has 10 aromatic rings. The molecule has 3 nitrogen and oxygen atoms in total. The number of pyridine rings is 1. The number of para-hydroxylation sites is 2. The first-order valence-electron chi connectivity index (χ1n) is 17.9. The van der Waals surface area contributed by atoms with E-state index in [-0.39, 0.29) is 5.82 Å². The fourth-order valence-corrected chi connectivity index (χ4v) is 8.57. The van der Waals surface area contributed by atoms with Crippen molar-refractivity contribution in [3.63, 3.8) is 0 Å². The molecule has 0 fully saturated rings. The van der Waals surface area contributed by atoms with E-state index in [2.05, 4.69) is 41.0 Å². The Labute approximate surface area is 295 Å². The number of hydrogen-bond acceptors (Lipinski definition) is 3. The molecule has 0 radical (unpaired) electrons. The molecule has 10 rings (SSSR count). The maximum atomic E-state index is 15.9. The van der Waals surface area contributed by atoms with Crippen molar-refractivity contribution in [3.05, 3.63) is 163 Å². The third-order valence-electron chi connectivity index (χ3n) is 9.60. The molecule has 0 saturated carbocycles. The van der Waals surface area contributed by atoms with Crippen molar-refractivity contribution in [2.75, 3.05) is 0 Å². The summed E-state index contributed by atoms with van der Waals surface area (Å²) in [6, 6.07) is 49.0. The smallest absolute Gasteiger partial charge is 0.147 e. The van der Waals surface area contributed by atoms with Gasteiger partial charge in [-0.1, -0.05) is 133 Å². The van der Waals surface area contributed by atoms with Gasteiger partial charge in [-0.2, -0.15) is 0 Å². The Hall–Kier alpha value is -6.17. The molecular formula is C45H28FN3S. The zero-order valence-electron chi connectivity index (χ0n) is 29.6. The van der Waals surface area contributed by atoms with Gasteiger partial charge in [0.1, 0.15) is 16.5 Å². The monoisotopic (exact) mass is 664 g/mol. The first kappa shape index (κ1) is 25.8. The Morgan fingerprint density at radius 1 is 0.600 bits per heavy atom. The van der Waals surface area contributed by atoms with Crippen molar-refractivity contribution >= 4 is 64.2 Å². The number of aromatic nitrogens is 3. The summed E-state index contributed by atoms with van der Waals surface area (Å²) in [5, 5.41) is 5.53. The quantitative estimate of drug-likeness (QED) is 0.187. The maximum absolute atomic E-state index is 15.9. The molecule has 5 heteroatoms. The van der Waals surface area contributed by atoms with Crippen LogP contribution in [0.5, 0.6) is 0 Å². The van der Waals surface area contributed by atoms with E-state index in [9.17, 15) is 0 Å². The largest absolute Gasteiger partial charge is 0.291 e. The van der Waals surface area contributed by atoms with Crippen LogP contribution in [-0.4, -0.2) is 14.5 Å². The normalized spacial score (nSPS) is 12.9. The SMILES string of the molecule is [2H]C([2H])([2H])c1ccc(-c2nc3sc4c(-c5nc6ccccc6n5-c5c(-c6ccccc6)cc(F)c6ccccc56)cccc4c3c3ccccc23)cc1. The van der Waals surface area contributed by atoms with Crippen LogP contribution in [0.3, 0.4) is 0 Å². The van der Waals surface area contributed by atoms with E-state index < -0.39 is 6.85 Å². The van der Waals surface area contributed by atoms with E-state index in [1.165, 1.54) is 0 Å². The standard InChI is InChI=1S/C45H28FN3S/c1-27-22-24-29(25-23-27)41-32-16-7-6-15-31(32)40-34-18-11-19-35(43(34)50-45(40)48-41)44-47-38-20-9-10-21-39(38)49(44)42-33-17-8-5-14-30(33)37(46)26-36(42)28-12-3-2-4-13-28/h2-26H,1H3/i1D3. The second-order valence-electron chi connectivity index (χ2n) is 12.5. The van der Waals surface area contributed by atoms with Crippen LogP contribution in [0.4, 0.5) is 4.39 Å². The number of nitrogens with zero attached hydrogens (tertiary/aromatic N) is 3. The lowest BCUT2D eigenvalue weighted by Gasteiger charge is -2.18. The fraction of sp³-hybridized carbons (Fsp3) is 0.0222. The van der Waals surface area contributed by atoms with Gasteiger partial charge in [0, 0.05) is 52.4 Å². The molecule has 0 atom stereocenters. The molecular weight excluding hydrogens is 634 g/mol. The summed E-state index contributed by atoms with van der Waals surface area (Å²) in [7, 11) is 0. The van der Waals surface area contributed by atoms with E-state index in [4.69, 9.17) is 14.1 Å². The molecule has 0 unspecified atom stereocenters. The minimum Gasteiger partial charge on any atom is -0.291 e. The number of hydrogen-bond donors (Lipinski definition) is 0. The van der Waals surface area contributed by atoms with Gasteiger partial charge < -0.3 is 0 Å². The lowest BCUT2D eigenvalue weighted by molar-refractivity contribution is 0.640. The van der Waals surface area contributed by atoms with Crippen LogP contribution in [-0.2, 0) is 0 Å². The van der Waals surface area contributed by atoms with Crippen LogP contribution in [0.15, 0.2) is 152 Å². The van der Waals surface area contributed by atoms with Gasteiger partial charge >= 0.3 is 0 Å². The number of fused-ring (bicyclic) bond motifs is 7. The summed E-state index contributed by atoms with van der Waals surface area (Å²) in [4.78, 5) is 11.5. The van der Waals surface area contributed by atoms with Gasteiger partial charge in [-0.3, -0.25) is 4.57 Å². The molecule has 0 spiro atoms. The zero-order chi connectivity index (χ0) is 35.8. The third kappa shape index (κ3) is 4.34. The molecule has 0 aliphatic carbocycles. The van der Waals surface area contributed by atoms with Gasteiger partial charge in [0.05, 0.1) is 22.4 Å². The van der Waals surface area contributed by atoms with E-state index in [0.717, 1.165) is 87.0 Å². The van der Waals surface area contributed by atoms with Crippen LogP contribution >= 0.6 is 11.3 Å². The van der Waals surface area contributed by atoms with Gasteiger partial charge in [0.15, 0.2) is 0 Å². The summed E-state index contributed by atoms with van der Waals surface area (Å²) in [6.07, 6.45) is 0. The number of imidazole rings is 1. The number of benzene rings is 7. The van der Waals surface area contributed by atoms with Gasteiger partial charge in [-0.15, -0.1) is 11.3 Å². The lowest BCUT2D eigenvalue weighted by Crippen LogP contribution is -2.03. The average Bonchev–Trinajstić information content (AvgIpc) is 3.76. The number of aryl methyl sites for hydroxylation is 1. The Morgan fingerprint density at radius 2 is 1.30 bits per heavy atom. The molecule has 7 aromatic carbocycles. The molecule has 236 valence electrons. The number of rotatable bonds is 4. The maximum Gasteiger partial charge on any atom is 0.147 e. The summed E-state index contributed by atoms with van der Waals surface area (Å²) in [6.45, 7) is -2.18. The Balaban J connectivity index is 1.28. The predicted octanol–water partition coefficient (Wildman–Crippen LogP) is 12.5. The Morgan fingerprint density at radius 3 is 2.12 bits per heavy atom. The van der Waals surface area contributed by atoms with E-state index in [1.54, 1.807) is 29.5 Å². The Kier molecular flexibility index (Phi) is 5.77. The number of thiophene rings is 1. The summed E-state index contributed by atoms with van der Waals surface area (Å²) in [5.74, 6) is 0.477. The van der Waals surface area contributed by atoms with Crippen molar-refractivity contribution in [1.29, 1.82) is 0 Å². The Bertz CT molecular complexity index is 3060. The second kappa shape index (κ2) is 11.2. The third-order valence-corrected chi connectivity index (χ3v) is 10.7. The van der Waals surface area contributed by atoms with Gasteiger partial charge in [0.2, 0.25) is 0 Å². The zero-order valence-corrected chi connectivity index (χ0v) is 27.4. The van der Waals surface area contributed by atoms with Gasteiger partial charge in [-0.05, 0) is 42.1 Å². The average molecular weight is 665 g/mol. The highest BCUT2D eigenvalue weighted by Crippen LogP contribution is 2.46. The summed E-state index contributed by atoms with van der Waals surface area (Å²) in [5.41, 5.74) is 7.19. The van der Waals surface area contributed by atoms with Crippen LogP contribution in [0.2, 0.25) is 0 Å². The van der Waals surface area contributed by atoms with Crippen molar-refractivity contribution < 1.29 is 8.50 Å². The van der Waals surface area contributed by atoms with Crippen LogP contribution in [0.1, 0.15) is 9.68 Å². The molecule has 50 heavy (non-hydrogen) atoms. The van der Waals surface area contributed by atoms with Gasteiger partial charge in [-0.25, -0.2) is 14.4 Å². The summed E-state index contributed by atoms with van der Waals surface area (Å²) < 4.78 is 42.7. The molecule has 0 amide bonds. The van der Waals surface area contributed by atoms with Gasteiger partial charge in [0.25, 0.3) is 0 Å². The molecule has 0 aliphatic heterocycles. The molecule has 3 heterocycles.